The molecule has 220 valence electrons. The number of carbonyl (C=O) groups is 1. The summed E-state index contributed by atoms with van der Waals surface area (Å²) in [5.74, 6) is -2.22. The molecule has 1 saturated carbocycles. The van der Waals surface area contributed by atoms with Crippen molar-refractivity contribution in [3.63, 3.8) is 0 Å². The molecular formula is C33H27ClF3N3O3. The lowest BCUT2D eigenvalue weighted by Gasteiger charge is -2.17. The Morgan fingerprint density at radius 2 is 1.77 bits per heavy atom. The third-order valence-corrected chi connectivity index (χ3v) is 8.38. The zero-order chi connectivity index (χ0) is 30.3. The van der Waals surface area contributed by atoms with E-state index in [-0.39, 0.29) is 57.3 Å². The predicted octanol–water partition coefficient (Wildman–Crippen LogP) is 8.23. The molecule has 1 aliphatic rings. The van der Waals surface area contributed by atoms with Crippen molar-refractivity contribution < 1.29 is 27.8 Å². The first-order chi connectivity index (χ1) is 20.6. The van der Waals surface area contributed by atoms with Gasteiger partial charge >= 0.3 is 5.97 Å². The van der Waals surface area contributed by atoms with Gasteiger partial charge in [0.15, 0.2) is 0 Å². The van der Waals surface area contributed by atoms with E-state index in [0.29, 0.717) is 23.4 Å². The standard InChI is InChI=1S/C33H27ClF3N3O3/c1-2-33(10-11-33)18-40-29-13-19(32(41)42)7-9-28(29)38-30(40)14-21-12-26(37)23(16-25(21)36)27-4-3-5-31(39-27)43-17-20-6-8-22(34)15-24(20)35/h3-9,12-13,15-16H,2,10-11,14,17-18H2,1H3,(H,41,42). The number of halogens is 4. The van der Waals surface area contributed by atoms with Crippen LogP contribution in [0.3, 0.4) is 0 Å². The minimum absolute atomic E-state index is 0.0170. The van der Waals surface area contributed by atoms with Gasteiger partial charge in [0.1, 0.15) is 29.9 Å². The molecule has 5 aromatic rings. The van der Waals surface area contributed by atoms with Crippen LogP contribution in [-0.4, -0.2) is 25.6 Å². The van der Waals surface area contributed by atoms with E-state index in [0.717, 1.165) is 31.4 Å². The summed E-state index contributed by atoms with van der Waals surface area (Å²) in [4.78, 5) is 20.6. The van der Waals surface area contributed by atoms with Crippen LogP contribution in [0.1, 0.15) is 53.5 Å². The number of imidazole rings is 1. The molecule has 1 fully saturated rings. The zero-order valence-corrected chi connectivity index (χ0v) is 24.0. The number of hydrogen-bond donors (Lipinski definition) is 1. The Hall–Kier alpha value is -4.37. The molecule has 0 spiro atoms. The number of pyridine rings is 1. The van der Waals surface area contributed by atoms with Crippen LogP contribution in [0, 0.1) is 22.9 Å². The van der Waals surface area contributed by atoms with Gasteiger partial charge in [0.2, 0.25) is 5.88 Å². The zero-order valence-electron chi connectivity index (χ0n) is 23.2. The van der Waals surface area contributed by atoms with E-state index in [4.69, 9.17) is 21.3 Å². The van der Waals surface area contributed by atoms with Crippen LogP contribution in [0.5, 0.6) is 5.88 Å². The lowest BCUT2D eigenvalue weighted by atomic mass is 10.0. The average Bonchev–Trinajstić information content (AvgIpc) is 3.69. The lowest BCUT2D eigenvalue weighted by Crippen LogP contribution is -2.14. The molecule has 0 amide bonds. The fraction of sp³-hybridized carbons (Fsp3) is 0.242. The molecule has 2 aromatic heterocycles. The SMILES string of the molecule is CCC1(Cn2c(Cc3cc(F)c(-c4cccc(OCc5ccc(Cl)cc5F)n4)cc3F)nc3ccc(C(=O)O)cc32)CC1. The van der Waals surface area contributed by atoms with Gasteiger partial charge in [0, 0.05) is 35.2 Å². The normalized spacial score (nSPS) is 13.8. The average molecular weight is 606 g/mol. The Morgan fingerprint density at radius 1 is 0.977 bits per heavy atom. The van der Waals surface area contributed by atoms with Crippen molar-refractivity contribution in [2.24, 2.45) is 5.41 Å². The Labute approximate surface area is 250 Å². The second-order valence-corrected chi connectivity index (χ2v) is 11.4. The van der Waals surface area contributed by atoms with Gasteiger partial charge in [-0.05, 0) is 78.8 Å². The summed E-state index contributed by atoms with van der Waals surface area (Å²) in [7, 11) is 0. The Kier molecular flexibility index (Phi) is 7.60. The van der Waals surface area contributed by atoms with Gasteiger partial charge in [-0.1, -0.05) is 30.7 Å². The van der Waals surface area contributed by atoms with Crippen molar-refractivity contribution in [2.45, 2.75) is 45.8 Å². The topological polar surface area (TPSA) is 77.2 Å². The number of carboxylic acid groups (broad SMARTS) is 1. The second kappa shape index (κ2) is 11.4. The highest BCUT2D eigenvalue weighted by Gasteiger charge is 2.41. The Morgan fingerprint density at radius 3 is 2.49 bits per heavy atom. The molecule has 10 heteroatoms. The highest BCUT2D eigenvalue weighted by molar-refractivity contribution is 6.30. The first-order valence-corrected chi connectivity index (χ1v) is 14.3. The molecule has 6 nitrogen and oxygen atoms in total. The van der Waals surface area contributed by atoms with Crippen molar-refractivity contribution in [2.75, 3.05) is 0 Å². The molecule has 0 unspecified atom stereocenters. The van der Waals surface area contributed by atoms with Gasteiger partial charge in [-0.2, -0.15) is 0 Å². The molecular weight excluding hydrogens is 579 g/mol. The highest BCUT2D eigenvalue weighted by Crippen LogP contribution is 2.50. The summed E-state index contributed by atoms with van der Waals surface area (Å²) >= 11 is 5.80. The summed E-state index contributed by atoms with van der Waals surface area (Å²) in [6.07, 6.45) is 3.06. The maximum Gasteiger partial charge on any atom is 0.335 e. The number of carboxylic acids is 1. The lowest BCUT2D eigenvalue weighted by molar-refractivity contribution is 0.0697. The largest absolute Gasteiger partial charge is 0.478 e. The van der Waals surface area contributed by atoms with E-state index >= 15 is 8.78 Å². The number of benzene rings is 3. The van der Waals surface area contributed by atoms with Crippen LogP contribution in [0.4, 0.5) is 13.2 Å². The second-order valence-electron chi connectivity index (χ2n) is 11.0. The molecule has 1 aliphatic carbocycles. The molecule has 2 heterocycles. The maximum atomic E-state index is 15.5. The molecule has 43 heavy (non-hydrogen) atoms. The molecule has 0 bridgehead atoms. The first kappa shape index (κ1) is 28.7. The number of rotatable bonds is 10. The number of hydrogen-bond acceptors (Lipinski definition) is 4. The van der Waals surface area contributed by atoms with Gasteiger partial charge in [-0.15, -0.1) is 0 Å². The van der Waals surface area contributed by atoms with Gasteiger partial charge in [0.05, 0.1) is 22.3 Å². The number of aromatic carboxylic acids is 1. The molecule has 0 atom stereocenters. The maximum absolute atomic E-state index is 15.5. The molecule has 3 aromatic carbocycles. The van der Waals surface area contributed by atoms with E-state index in [9.17, 15) is 14.3 Å². The first-order valence-electron chi connectivity index (χ1n) is 13.9. The van der Waals surface area contributed by atoms with E-state index in [1.54, 1.807) is 30.3 Å². The monoisotopic (exact) mass is 605 g/mol. The van der Waals surface area contributed by atoms with Gasteiger partial charge in [0.25, 0.3) is 0 Å². The number of aromatic nitrogens is 3. The number of nitrogens with zero attached hydrogens (tertiary/aromatic N) is 3. The minimum atomic E-state index is -1.04. The van der Waals surface area contributed by atoms with Gasteiger partial charge in [-0.3, -0.25) is 0 Å². The smallest absolute Gasteiger partial charge is 0.335 e. The third-order valence-electron chi connectivity index (χ3n) is 8.15. The number of ether oxygens (including phenoxy) is 1. The van der Waals surface area contributed by atoms with Crippen molar-refractivity contribution in [1.82, 2.24) is 14.5 Å². The van der Waals surface area contributed by atoms with E-state index in [1.807, 2.05) is 4.57 Å². The molecule has 1 N–H and O–H groups in total. The van der Waals surface area contributed by atoms with Crippen molar-refractivity contribution in [1.29, 1.82) is 0 Å². The predicted molar refractivity (Wildman–Crippen MR) is 157 cm³/mol. The Bertz CT molecular complexity index is 1870. The third kappa shape index (κ3) is 5.95. The van der Waals surface area contributed by atoms with Crippen LogP contribution in [0.2, 0.25) is 5.02 Å². The van der Waals surface area contributed by atoms with Crippen LogP contribution >= 0.6 is 11.6 Å². The van der Waals surface area contributed by atoms with Gasteiger partial charge in [-0.25, -0.2) is 27.9 Å². The summed E-state index contributed by atoms with van der Waals surface area (Å²) in [5.41, 5.74) is 1.98. The fourth-order valence-corrected chi connectivity index (χ4v) is 5.44. The highest BCUT2D eigenvalue weighted by atomic mass is 35.5. The van der Waals surface area contributed by atoms with Crippen LogP contribution in [0.25, 0.3) is 22.3 Å². The summed E-state index contributed by atoms with van der Waals surface area (Å²) in [5, 5.41) is 9.78. The van der Waals surface area contributed by atoms with Crippen LogP contribution in [0.15, 0.2) is 66.7 Å². The van der Waals surface area contributed by atoms with Crippen LogP contribution in [-0.2, 0) is 19.6 Å². The van der Waals surface area contributed by atoms with E-state index < -0.39 is 23.4 Å². The number of fused-ring (bicyclic) bond motifs is 1. The molecule has 6 rings (SSSR count). The summed E-state index contributed by atoms with van der Waals surface area (Å²) in [6.45, 7) is 2.62. The fourth-order valence-electron chi connectivity index (χ4n) is 5.28. The minimum Gasteiger partial charge on any atom is -0.478 e. The van der Waals surface area contributed by atoms with E-state index in [1.165, 1.54) is 24.3 Å². The van der Waals surface area contributed by atoms with Crippen molar-refractivity contribution in [3.8, 4) is 17.1 Å². The Balaban J connectivity index is 1.28. The summed E-state index contributed by atoms with van der Waals surface area (Å²) in [6, 6.07) is 15.9. The molecule has 0 aliphatic heterocycles. The molecule has 0 radical (unpaired) electrons. The van der Waals surface area contributed by atoms with E-state index in [2.05, 4.69) is 11.9 Å². The van der Waals surface area contributed by atoms with Crippen molar-refractivity contribution in [3.05, 3.63) is 112 Å². The van der Waals surface area contributed by atoms with Gasteiger partial charge < -0.3 is 14.4 Å². The van der Waals surface area contributed by atoms with Crippen LogP contribution < -0.4 is 4.74 Å². The van der Waals surface area contributed by atoms with Crippen molar-refractivity contribution >= 4 is 28.6 Å². The quantitative estimate of drug-likeness (QED) is 0.173. The molecule has 0 saturated heterocycles. The summed E-state index contributed by atoms with van der Waals surface area (Å²) < 4.78 is 52.7.